The SMILES string of the molecule is COCCN(c1ncccc1CBr)C(C)C. The summed E-state index contributed by atoms with van der Waals surface area (Å²) in [4.78, 5) is 6.73. The first-order chi connectivity index (χ1) is 7.70. The minimum Gasteiger partial charge on any atom is -0.383 e. The van der Waals surface area contributed by atoms with Crippen molar-refractivity contribution >= 4 is 21.7 Å². The molecule has 1 aromatic heterocycles. The van der Waals surface area contributed by atoms with Gasteiger partial charge >= 0.3 is 0 Å². The zero-order chi connectivity index (χ0) is 12.0. The van der Waals surface area contributed by atoms with Crippen molar-refractivity contribution in [2.24, 2.45) is 0 Å². The molecule has 0 aliphatic heterocycles. The Morgan fingerprint density at radius 3 is 2.81 bits per heavy atom. The molecule has 0 radical (unpaired) electrons. The van der Waals surface area contributed by atoms with Crippen LogP contribution in [0, 0.1) is 0 Å². The monoisotopic (exact) mass is 286 g/mol. The normalized spacial score (nSPS) is 10.8. The van der Waals surface area contributed by atoms with Crippen LogP contribution in [0.1, 0.15) is 19.4 Å². The van der Waals surface area contributed by atoms with Crippen LogP contribution in [-0.4, -0.2) is 31.3 Å². The topological polar surface area (TPSA) is 25.4 Å². The van der Waals surface area contributed by atoms with Crippen LogP contribution in [0.4, 0.5) is 5.82 Å². The van der Waals surface area contributed by atoms with Crippen LogP contribution in [0.15, 0.2) is 18.3 Å². The van der Waals surface area contributed by atoms with Crippen LogP contribution in [-0.2, 0) is 10.1 Å². The van der Waals surface area contributed by atoms with Gasteiger partial charge in [-0.05, 0) is 19.9 Å². The van der Waals surface area contributed by atoms with Gasteiger partial charge in [0.1, 0.15) is 5.82 Å². The van der Waals surface area contributed by atoms with Crippen LogP contribution in [0.2, 0.25) is 0 Å². The van der Waals surface area contributed by atoms with Gasteiger partial charge in [-0.2, -0.15) is 0 Å². The number of hydrogen-bond acceptors (Lipinski definition) is 3. The number of hydrogen-bond donors (Lipinski definition) is 0. The van der Waals surface area contributed by atoms with Crippen molar-refractivity contribution in [2.75, 3.05) is 25.2 Å². The molecule has 0 N–H and O–H groups in total. The van der Waals surface area contributed by atoms with Crippen LogP contribution in [0.5, 0.6) is 0 Å². The van der Waals surface area contributed by atoms with Crippen molar-refractivity contribution < 1.29 is 4.74 Å². The minimum atomic E-state index is 0.419. The van der Waals surface area contributed by atoms with Gasteiger partial charge in [0.25, 0.3) is 0 Å². The van der Waals surface area contributed by atoms with Crippen LogP contribution >= 0.6 is 15.9 Å². The molecule has 16 heavy (non-hydrogen) atoms. The van der Waals surface area contributed by atoms with E-state index < -0.39 is 0 Å². The Balaban J connectivity index is 2.91. The Morgan fingerprint density at radius 2 is 2.25 bits per heavy atom. The highest BCUT2D eigenvalue weighted by Crippen LogP contribution is 2.21. The molecular weight excluding hydrogens is 268 g/mol. The summed E-state index contributed by atoms with van der Waals surface area (Å²) >= 11 is 3.50. The molecule has 1 aromatic rings. The van der Waals surface area contributed by atoms with Gasteiger partial charge in [-0.3, -0.25) is 0 Å². The summed E-state index contributed by atoms with van der Waals surface area (Å²) in [7, 11) is 1.72. The quantitative estimate of drug-likeness (QED) is 0.752. The molecule has 1 heterocycles. The summed E-state index contributed by atoms with van der Waals surface area (Å²) < 4.78 is 5.14. The third-order valence-corrected chi connectivity index (χ3v) is 3.05. The van der Waals surface area contributed by atoms with E-state index in [1.54, 1.807) is 7.11 Å². The fourth-order valence-corrected chi connectivity index (χ4v) is 2.03. The molecule has 0 fully saturated rings. The number of aromatic nitrogens is 1. The zero-order valence-electron chi connectivity index (χ0n) is 10.1. The van der Waals surface area contributed by atoms with Crippen molar-refractivity contribution in [3.8, 4) is 0 Å². The molecule has 0 amide bonds. The smallest absolute Gasteiger partial charge is 0.132 e. The summed E-state index contributed by atoms with van der Waals surface area (Å²) in [6.07, 6.45) is 1.84. The molecule has 0 aromatic carbocycles. The molecule has 0 unspecified atom stereocenters. The fourth-order valence-electron chi connectivity index (χ4n) is 1.59. The number of methoxy groups -OCH3 is 1. The summed E-state index contributed by atoms with van der Waals surface area (Å²) in [5.74, 6) is 1.05. The Bertz CT molecular complexity index is 318. The van der Waals surface area contributed by atoms with Gasteiger partial charge in [-0.15, -0.1) is 0 Å². The summed E-state index contributed by atoms with van der Waals surface area (Å²) in [6, 6.07) is 4.48. The maximum Gasteiger partial charge on any atom is 0.132 e. The minimum absolute atomic E-state index is 0.419. The third-order valence-electron chi connectivity index (χ3n) is 2.44. The molecule has 0 spiro atoms. The molecule has 0 aliphatic rings. The van der Waals surface area contributed by atoms with E-state index >= 15 is 0 Å². The molecular formula is C12H19BrN2O. The summed E-state index contributed by atoms with van der Waals surface area (Å²) in [5, 5.41) is 0.826. The second-order valence-electron chi connectivity index (χ2n) is 3.90. The maximum atomic E-state index is 5.14. The Hall–Kier alpha value is -0.610. The van der Waals surface area contributed by atoms with Gasteiger partial charge < -0.3 is 9.64 Å². The lowest BCUT2D eigenvalue weighted by Gasteiger charge is -2.29. The van der Waals surface area contributed by atoms with Crippen molar-refractivity contribution in [3.63, 3.8) is 0 Å². The summed E-state index contributed by atoms with van der Waals surface area (Å²) in [5.41, 5.74) is 1.22. The molecule has 0 aliphatic carbocycles. The number of nitrogens with zero attached hydrogens (tertiary/aromatic N) is 2. The van der Waals surface area contributed by atoms with E-state index in [4.69, 9.17) is 4.74 Å². The van der Waals surface area contributed by atoms with Gasteiger partial charge in [-0.25, -0.2) is 4.98 Å². The van der Waals surface area contributed by atoms with E-state index in [0.717, 1.165) is 24.3 Å². The van der Waals surface area contributed by atoms with Gasteiger partial charge in [0, 0.05) is 36.8 Å². The molecule has 0 saturated heterocycles. The first kappa shape index (κ1) is 13.5. The molecule has 90 valence electrons. The molecule has 1 rings (SSSR count). The van der Waals surface area contributed by atoms with Gasteiger partial charge in [0.15, 0.2) is 0 Å². The van der Waals surface area contributed by atoms with E-state index in [2.05, 4.69) is 45.7 Å². The third kappa shape index (κ3) is 3.46. The lowest BCUT2D eigenvalue weighted by atomic mass is 10.2. The Labute approximate surface area is 106 Å². The van der Waals surface area contributed by atoms with Gasteiger partial charge in [-0.1, -0.05) is 22.0 Å². The average Bonchev–Trinajstić information content (AvgIpc) is 2.29. The van der Waals surface area contributed by atoms with E-state index in [9.17, 15) is 0 Å². The van der Waals surface area contributed by atoms with Crippen molar-refractivity contribution in [3.05, 3.63) is 23.9 Å². The van der Waals surface area contributed by atoms with Crippen LogP contribution in [0.3, 0.4) is 0 Å². The standard InChI is InChI=1S/C12H19BrN2O/c1-10(2)15(7-8-16-3)12-11(9-13)5-4-6-14-12/h4-6,10H,7-9H2,1-3H3. The van der Waals surface area contributed by atoms with Crippen LogP contribution < -0.4 is 4.90 Å². The average molecular weight is 287 g/mol. The van der Waals surface area contributed by atoms with E-state index in [-0.39, 0.29) is 0 Å². The maximum absolute atomic E-state index is 5.14. The highest BCUT2D eigenvalue weighted by molar-refractivity contribution is 9.08. The van der Waals surface area contributed by atoms with E-state index in [0.29, 0.717) is 6.04 Å². The van der Waals surface area contributed by atoms with Gasteiger partial charge in [0.05, 0.1) is 6.61 Å². The Morgan fingerprint density at radius 1 is 1.50 bits per heavy atom. The predicted octanol–water partition coefficient (Wildman–Crippen LogP) is 2.84. The largest absolute Gasteiger partial charge is 0.383 e. The lowest BCUT2D eigenvalue weighted by Crippen LogP contribution is -2.35. The van der Waals surface area contributed by atoms with Crippen molar-refractivity contribution in [2.45, 2.75) is 25.2 Å². The molecule has 4 heteroatoms. The zero-order valence-corrected chi connectivity index (χ0v) is 11.7. The van der Waals surface area contributed by atoms with E-state index in [1.165, 1.54) is 5.56 Å². The molecule has 3 nitrogen and oxygen atoms in total. The second kappa shape index (κ2) is 6.86. The number of pyridine rings is 1. The highest BCUT2D eigenvalue weighted by Gasteiger charge is 2.14. The number of anilines is 1. The number of alkyl halides is 1. The first-order valence-electron chi connectivity index (χ1n) is 5.46. The fraction of sp³-hybridized carbons (Fsp3) is 0.583. The number of ether oxygens (including phenoxy) is 1. The lowest BCUT2D eigenvalue weighted by molar-refractivity contribution is 0.203. The number of rotatable bonds is 6. The molecule has 0 atom stereocenters. The Kier molecular flexibility index (Phi) is 5.77. The molecule has 0 bridgehead atoms. The van der Waals surface area contributed by atoms with Crippen molar-refractivity contribution in [1.82, 2.24) is 4.98 Å². The first-order valence-corrected chi connectivity index (χ1v) is 6.58. The van der Waals surface area contributed by atoms with Crippen molar-refractivity contribution in [1.29, 1.82) is 0 Å². The highest BCUT2D eigenvalue weighted by atomic mass is 79.9. The van der Waals surface area contributed by atoms with Gasteiger partial charge in [0.2, 0.25) is 0 Å². The van der Waals surface area contributed by atoms with E-state index in [1.807, 2.05) is 12.3 Å². The molecule has 0 saturated carbocycles. The predicted molar refractivity (Wildman–Crippen MR) is 71.2 cm³/mol. The number of halogens is 1. The summed E-state index contributed by atoms with van der Waals surface area (Å²) in [6.45, 7) is 5.92. The van der Waals surface area contributed by atoms with Crippen LogP contribution in [0.25, 0.3) is 0 Å². The second-order valence-corrected chi connectivity index (χ2v) is 4.46.